The fourth-order valence-corrected chi connectivity index (χ4v) is 4.61. The van der Waals surface area contributed by atoms with E-state index in [0.717, 1.165) is 5.56 Å². The molecule has 1 fully saturated rings. The summed E-state index contributed by atoms with van der Waals surface area (Å²) in [6, 6.07) is 23.3. The van der Waals surface area contributed by atoms with E-state index in [4.69, 9.17) is 10.8 Å². The lowest BCUT2D eigenvalue weighted by Gasteiger charge is -2.25. The van der Waals surface area contributed by atoms with Gasteiger partial charge < -0.3 is 16.2 Å². The lowest BCUT2D eigenvalue weighted by molar-refractivity contribution is -0.138. The van der Waals surface area contributed by atoms with E-state index >= 15 is 0 Å². The number of carboxylic acid groups (broad SMARTS) is 1. The Bertz CT molecular complexity index is 1170. The highest BCUT2D eigenvalue weighted by atomic mass is 16.4. The van der Waals surface area contributed by atoms with Gasteiger partial charge in [-0.15, -0.1) is 0 Å². The van der Waals surface area contributed by atoms with Crippen molar-refractivity contribution in [1.29, 1.82) is 0 Å². The summed E-state index contributed by atoms with van der Waals surface area (Å²) in [5.41, 5.74) is 12.2. The van der Waals surface area contributed by atoms with E-state index < -0.39 is 12.0 Å². The molecule has 5 heteroatoms. The van der Waals surface area contributed by atoms with Gasteiger partial charge in [-0.3, -0.25) is 9.59 Å². The van der Waals surface area contributed by atoms with Crippen LogP contribution in [-0.2, 0) is 11.2 Å². The summed E-state index contributed by atoms with van der Waals surface area (Å²) < 4.78 is 0. The molecule has 35 heavy (non-hydrogen) atoms. The molecule has 0 aliphatic heterocycles. The summed E-state index contributed by atoms with van der Waals surface area (Å²) in [4.78, 5) is 23.9. The second kappa shape index (κ2) is 10.9. The van der Waals surface area contributed by atoms with Gasteiger partial charge in [-0.05, 0) is 71.0 Å². The Kier molecular flexibility index (Phi) is 7.67. The van der Waals surface area contributed by atoms with Gasteiger partial charge in [0.2, 0.25) is 0 Å². The molecule has 2 atom stereocenters. The standard InChI is InChI=1S/C30H34N2O3/c1-19(2)27(18-32-29(33)23-10-8-20(9-11-23)16-28(31)30(34)35)25-15-14-24(17-26(25)22-12-13-22)21-6-4-3-5-7-21/h3-11,14-15,17,19,22,27-28H,12-13,16,18,31H2,1-2H3,(H,32,33)(H,34,35)/t27-,28?/m1/s1. The zero-order chi connectivity index (χ0) is 24.9. The molecule has 1 unspecified atom stereocenters. The van der Waals surface area contributed by atoms with Crippen molar-refractivity contribution < 1.29 is 14.7 Å². The number of amides is 1. The Morgan fingerprint density at radius 1 is 0.971 bits per heavy atom. The molecule has 0 heterocycles. The van der Waals surface area contributed by atoms with Gasteiger partial charge in [-0.25, -0.2) is 0 Å². The van der Waals surface area contributed by atoms with Crippen LogP contribution in [0.2, 0.25) is 0 Å². The second-order valence-corrected chi connectivity index (χ2v) is 9.89. The molecule has 0 aromatic heterocycles. The minimum absolute atomic E-state index is 0.126. The molecule has 0 bridgehead atoms. The highest BCUT2D eigenvalue weighted by Crippen LogP contribution is 2.45. The first-order chi connectivity index (χ1) is 16.8. The highest BCUT2D eigenvalue weighted by molar-refractivity contribution is 5.94. The van der Waals surface area contributed by atoms with Crippen LogP contribution in [0.3, 0.4) is 0 Å². The minimum atomic E-state index is -1.03. The molecular formula is C30H34N2O3. The summed E-state index contributed by atoms with van der Waals surface area (Å²) >= 11 is 0. The number of nitrogens with two attached hydrogens (primary N) is 1. The summed E-state index contributed by atoms with van der Waals surface area (Å²) in [7, 11) is 0. The molecule has 1 aliphatic rings. The van der Waals surface area contributed by atoms with Crippen molar-refractivity contribution >= 4 is 11.9 Å². The molecule has 1 saturated carbocycles. The molecule has 3 aromatic rings. The molecule has 4 N–H and O–H groups in total. The quantitative estimate of drug-likeness (QED) is 0.372. The predicted molar refractivity (Wildman–Crippen MR) is 140 cm³/mol. The zero-order valence-corrected chi connectivity index (χ0v) is 20.4. The van der Waals surface area contributed by atoms with Crippen LogP contribution < -0.4 is 11.1 Å². The number of nitrogens with one attached hydrogen (secondary N) is 1. The third-order valence-electron chi connectivity index (χ3n) is 6.89. The average molecular weight is 471 g/mol. The molecule has 3 aromatic carbocycles. The maximum absolute atomic E-state index is 12.9. The topological polar surface area (TPSA) is 92.4 Å². The molecule has 0 radical (unpaired) electrons. The zero-order valence-electron chi connectivity index (χ0n) is 20.4. The van der Waals surface area contributed by atoms with Gasteiger partial charge in [-0.2, -0.15) is 0 Å². The predicted octanol–water partition coefficient (Wildman–Crippen LogP) is 5.36. The van der Waals surface area contributed by atoms with Gasteiger partial charge in [0.25, 0.3) is 5.91 Å². The number of carboxylic acids is 1. The Balaban J connectivity index is 1.48. The van der Waals surface area contributed by atoms with Crippen molar-refractivity contribution in [2.45, 2.75) is 51.0 Å². The van der Waals surface area contributed by atoms with Crippen molar-refractivity contribution in [3.05, 3.63) is 95.1 Å². The average Bonchev–Trinajstić information content (AvgIpc) is 3.70. The molecule has 1 amide bonds. The molecule has 0 spiro atoms. The van der Waals surface area contributed by atoms with E-state index in [1.807, 2.05) is 6.07 Å². The highest BCUT2D eigenvalue weighted by Gasteiger charge is 2.30. The van der Waals surface area contributed by atoms with Crippen molar-refractivity contribution in [3.63, 3.8) is 0 Å². The fraction of sp³-hybridized carbons (Fsp3) is 0.333. The van der Waals surface area contributed by atoms with Crippen LogP contribution in [0.4, 0.5) is 0 Å². The monoisotopic (exact) mass is 470 g/mol. The van der Waals surface area contributed by atoms with Gasteiger partial charge in [0.1, 0.15) is 6.04 Å². The molecule has 182 valence electrons. The van der Waals surface area contributed by atoms with Gasteiger partial charge in [0.15, 0.2) is 0 Å². The lowest BCUT2D eigenvalue weighted by atomic mass is 9.83. The molecule has 1 aliphatic carbocycles. The van der Waals surface area contributed by atoms with Crippen LogP contribution >= 0.6 is 0 Å². The van der Waals surface area contributed by atoms with Crippen LogP contribution in [0.5, 0.6) is 0 Å². The van der Waals surface area contributed by atoms with Crippen LogP contribution in [0.15, 0.2) is 72.8 Å². The number of benzene rings is 3. The maximum atomic E-state index is 12.9. The third kappa shape index (κ3) is 6.17. The Hall–Kier alpha value is -3.44. The first kappa shape index (κ1) is 24.7. The Labute approximate surface area is 207 Å². The van der Waals surface area contributed by atoms with Crippen molar-refractivity contribution in [1.82, 2.24) is 5.32 Å². The SMILES string of the molecule is CC(C)[C@@H](CNC(=O)c1ccc(CC(N)C(=O)O)cc1)c1ccc(-c2ccccc2)cc1C1CC1. The Morgan fingerprint density at radius 3 is 2.26 bits per heavy atom. The van der Waals surface area contributed by atoms with E-state index in [9.17, 15) is 9.59 Å². The number of hydrogen-bond donors (Lipinski definition) is 3. The Morgan fingerprint density at radius 2 is 1.66 bits per heavy atom. The minimum Gasteiger partial charge on any atom is -0.480 e. The first-order valence-electron chi connectivity index (χ1n) is 12.4. The van der Waals surface area contributed by atoms with Crippen LogP contribution in [0, 0.1) is 5.92 Å². The van der Waals surface area contributed by atoms with Crippen LogP contribution in [-0.4, -0.2) is 29.6 Å². The van der Waals surface area contributed by atoms with Crippen LogP contribution in [0.25, 0.3) is 11.1 Å². The first-order valence-corrected chi connectivity index (χ1v) is 12.4. The summed E-state index contributed by atoms with van der Waals surface area (Å²) in [5.74, 6) is 0.0327. The van der Waals surface area contributed by atoms with Crippen LogP contribution in [0.1, 0.15) is 65.6 Å². The fourth-order valence-electron chi connectivity index (χ4n) is 4.61. The normalized spacial score (nSPS) is 15.0. The number of carbonyl (C=O) groups is 2. The maximum Gasteiger partial charge on any atom is 0.320 e. The van der Waals surface area contributed by atoms with E-state index in [1.165, 1.54) is 35.1 Å². The largest absolute Gasteiger partial charge is 0.480 e. The smallest absolute Gasteiger partial charge is 0.320 e. The van der Waals surface area contributed by atoms with E-state index in [0.29, 0.717) is 23.9 Å². The van der Waals surface area contributed by atoms with Crippen molar-refractivity contribution in [3.8, 4) is 11.1 Å². The summed E-state index contributed by atoms with van der Waals surface area (Å²) in [5, 5.41) is 12.1. The van der Waals surface area contributed by atoms with E-state index in [1.54, 1.807) is 24.3 Å². The number of hydrogen-bond acceptors (Lipinski definition) is 3. The summed E-state index contributed by atoms with van der Waals surface area (Å²) in [6.07, 6.45) is 2.68. The molecule has 0 saturated heterocycles. The van der Waals surface area contributed by atoms with Gasteiger partial charge in [-0.1, -0.05) is 74.5 Å². The van der Waals surface area contributed by atoms with Gasteiger partial charge in [0.05, 0.1) is 0 Å². The molecular weight excluding hydrogens is 436 g/mol. The second-order valence-electron chi connectivity index (χ2n) is 9.89. The van der Waals surface area contributed by atoms with Crippen molar-refractivity contribution in [2.24, 2.45) is 11.7 Å². The van der Waals surface area contributed by atoms with Gasteiger partial charge >= 0.3 is 5.97 Å². The number of aliphatic carboxylic acids is 1. The summed E-state index contributed by atoms with van der Waals surface area (Å²) in [6.45, 7) is 4.98. The van der Waals surface area contributed by atoms with E-state index in [-0.39, 0.29) is 18.2 Å². The number of rotatable bonds is 10. The van der Waals surface area contributed by atoms with E-state index in [2.05, 4.69) is 61.6 Å². The number of carbonyl (C=O) groups excluding carboxylic acids is 1. The third-order valence-corrected chi connectivity index (χ3v) is 6.89. The molecule has 5 nitrogen and oxygen atoms in total. The molecule has 4 rings (SSSR count). The lowest BCUT2D eigenvalue weighted by Crippen LogP contribution is -2.32. The van der Waals surface area contributed by atoms with Crippen molar-refractivity contribution in [2.75, 3.05) is 6.54 Å². The van der Waals surface area contributed by atoms with Gasteiger partial charge in [0, 0.05) is 18.0 Å².